The number of phenols is 1. The van der Waals surface area contributed by atoms with Crippen LogP contribution in [0.5, 0.6) is 5.75 Å². The van der Waals surface area contributed by atoms with Gasteiger partial charge in [0, 0.05) is 10.7 Å². The van der Waals surface area contributed by atoms with Gasteiger partial charge in [-0.2, -0.15) is 0 Å². The molecule has 1 aromatic carbocycles. The van der Waals surface area contributed by atoms with Gasteiger partial charge in [0.2, 0.25) is 5.69 Å². The average molecular weight is 208 g/mol. The van der Waals surface area contributed by atoms with Crippen molar-refractivity contribution < 1.29 is 19.7 Å². The first kappa shape index (κ1) is 9.47. The van der Waals surface area contributed by atoms with Crippen LogP contribution in [0.25, 0.3) is 11.3 Å². The minimum absolute atomic E-state index is 0.0423. The molecule has 1 heterocycles. The summed E-state index contributed by atoms with van der Waals surface area (Å²) in [5, 5.41) is 32.5. The number of hydrogen-bond acceptors (Lipinski definition) is 5. The van der Waals surface area contributed by atoms with Gasteiger partial charge in [-0.3, -0.25) is 4.63 Å². The van der Waals surface area contributed by atoms with E-state index in [9.17, 15) is 5.21 Å². The van der Waals surface area contributed by atoms with Gasteiger partial charge in [0.15, 0.2) is 0 Å². The van der Waals surface area contributed by atoms with Gasteiger partial charge in [0.1, 0.15) is 12.4 Å². The summed E-state index contributed by atoms with van der Waals surface area (Å²) in [5.41, 5.74) is 0.906. The van der Waals surface area contributed by atoms with Crippen molar-refractivity contribution in [3.05, 3.63) is 35.2 Å². The molecule has 0 unspecified atom stereocenters. The second kappa shape index (κ2) is 3.58. The van der Waals surface area contributed by atoms with Gasteiger partial charge < -0.3 is 15.4 Å². The van der Waals surface area contributed by atoms with E-state index in [1.807, 2.05) is 0 Å². The molecule has 0 aliphatic rings. The Morgan fingerprint density at radius 1 is 1.33 bits per heavy atom. The Hall–Kier alpha value is -2.08. The number of phenolic OH excluding ortho intramolecular Hbond substituents is 1. The van der Waals surface area contributed by atoms with Crippen LogP contribution >= 0.6 is 0 Å². The van der Waals surface area contributed by atoms with Crippen LogP contribution in [-0.2, 0) is 6.61 Å². The second-order valence-electron chi connectivity index (χ2n) is 2.93. The van der Waals surface area contributed by atoms with E-state index in [0.717, 1.165) is 0 Å². The van der Waals surface area contributed by atoms with Gasteiger partial charge in [-0.15, -0.1) is 0 Å². The number of hydrogen-bond donors (Lipinski definition) is 2. The standard InChI is InChI=1S/C9H8N2O4/c12-5-8-9(10-15-11(8)14)6-1-3-7(13)4-2-6/h1-4,12-13H,5H2. The summed E-state index contributed by atoms with van der Waals surface area (Å²) in [4.78, 5) is 0.155. The maximum absolute atomic E-state index is 11.0. The Labute approximate surface area is 84.5 Å². The molecule has 0 amide bonds. The largest absolute Gasteiger partial charge is 0.508 e. The zero-order valence-corrected chi connectivity index (χ0v) is 7.62. The van der Waals surface area contributed by atoms with Gasteiger partial charge >= 0.3 is 0 Å². The lowest BCUT2D eigenvalue weighted by molar-refractivity contribution is -0.809. The van der Waals surface area contributed by atoms with Crippen LogP contribution in [0, 0.1) is 5.21 Å². The number of aliphatic hydroxyl groups is 1. The smallest absolute Gasteiger partial charge is 0.253 e. The predicted octanol–water partition coefficient (Wildman–Crippen LogP) is 0.173. The Morgan fingerprint density at radius 2 is 2.00 bits per heavy atom. The molecule has 0 spiro atoms. The van der Waals surface area contributed by atoms with Crippen molar-refractivity contribution in [1.29, 1.82) is 0 Å². The zero-order valence-electron chi connectivity index (χ0n) is 7.62. The number of aromatic nitrogens is 2. The van der Waals surface area contributed by atoms with E-state index in [-0.39, 0.29) is 22.0 Å². The van der Waals surface area contributed by atoms with E-state index in [1.165, 1.54) is 12.1 Å². The van der Waals surface area contributed by atoms with Crippen molar-refractivity contribution in [3.63, 3.8) is 0 Å². The molecule has 6 heteroatoms. The average Bonchev–Trinajstić information content (AvgIpc) is 2.61. The van der Waals surface area contributed by atoms with Crippen LogP contribution in [-0.4, -0.2) is 15.4 Å². The Bertz CT molecular complexity index is 463. The fraction of sp³-hybridized carbons (Fsp3) is 0.111. The lowest BCUT2D eigenvalue weighted by atomic mass is 10.1. The van der Waals surface area contributed by atoms with Gasteiger partial charge in [0.05, 0.1) is 0 Å². The Kier molecular flexibility index (Phi) is 2.26. The SMILES string of the molecule is [O-][n+]1onc(-c2ccc(O)cc2)c1CO. The van der Waals surface area contributed by atoms with E-state index in [4.69, 9.17) is 10.2 Å². The molecule has 0 radical (unpaired) electrons. The molecule has 0 saturated carbocycles. The molecule has 0 atom stereocenters. The molecule has 0 saturated heterocycles. The second-order valence-corrected chi connectivity index (χ2v) is 2.93. The van der Waals surface area contributed by atoms with Crippen molar-refractivity contribution in [2.24, 2.45) is 0 Å². The monoisotopic (exact) mass is 208 g/mol. The summed E-state index contributed by atoms with van der Waals surface area (Å²) in [6.45, 7) is -0.455. The highest BCUT2D eigenvalue weighted by molar-refractivity contribution is 5.60. The highest BCUT2D eigenvalue weighted by Crippen LogP contribution is 2.21. The first-order valence-corrected chi connectivity index (χ1v) is 4.21. The highest BCUT2D eigenvalue weighted by Gasteiger charge is 2.19. The topological polar surface area (TPSA) is 93.4 Å². The summed E-state index contributed by atoms with van der Waals surface area (Å²) in [6, 6.07) is 6.07. The van der Waals surface area contributed by atoms with Crippen molar-refractivity contribution in [3.8, 4) is 17.0 Å². The molecule has 2 rings (SSSR count). The van der Waals surface area contributed by atoms with Crippen LogP contribution < -0.4 is 4.90 Å². The van der Waals surface area contributed by atoms with Crippen LogP contribution in [0.15, 0.2) is 28.9 Å². The van der Waals surface area contributed by atoms with Crippen LogP contribution in [0.4, 0.5) is 0 Å². The minimum Gasteiger partial charge on any atom is -0.508 e. The molecule has 0 aliphatic carbocycles. The fourth-order valence-electron chi connectivity index (χ4n) is 1.24. The van der Waals surface area contributed by atoms with Gasteiger partial charge in [-0.1, -0.05) is 0 Å². The number of benzene rings is 1. The predicted molar refractivity (Wildman–Crippen MR) is 48.5 cm³/mol. The molecular formula is C9H8N2O4. The Morgan fingerprint density at radius 3 is 2.60 bits per heavy atom. The summed E-state index contributed by atoms with van der Waals surface area (Å²) in [7, 11) is 0. The normalized spacial score (nSPS) is 10.5. The quantitative estimate of drug-likeness (QED) is 0.686. The fourth-order valence-corrected chi connectivity index (χ4v) is 1.24. The first-order valence-electron chi connectivity index (χ1n) is 4.21. The molecule has 15 heavy (non-hydrogen) atoms. The molecule has 6 nitrogen and oxygen atoms in total. The van der Waals surface area contributed by atoms with Gasteiger partial charge in [0.25, 0.3) is 5.69 Å². The van der Waals surface area contributed by atoms with Crippen LogP contribution in [0.3, 0.4) is 0 Å². The molecule has 2 N–H and O–H groups in total. The van der Waals surface area contributed by atoms with Crippen molar-refractivity contribution in [2.45, 2.75) is 6.61 Å². The van der Waals surface area contributed by atoms with E-state index >= 15 is 0 Å². The molecule has 2 aromatic rings. The third-order valence-electron chi connectivity index (χ3n) is 1.99. The zero-order chi connectivity index (χ0) is 10.8. The van der Waals surface area contributed by atoms with Gasteiger partial charge in [-0.05, 0) is 29.2 Å². The van der Waals surface area contributed by atoms with Crippen LogP contribution in [0.1, 0.15) is 5.69 Å². The number of aromatic hydroxyl groups is 1. The summed E-state index contributed by atoms with van der Waals surface area (Å²) < 4.78 is 4.36. The van der Waals surface area contributed by atoms with E-state index in [0.29, 0.717) is 5.56 Å². The summed E-state index contributed by atoms with van der Waals surface area (Å²) >= 11 is 0. The molecule has 78 valence electrons. The summed E-state index contributed by atoms with van der Waals surface area (Å²) in [6.07, 6.45) is 0. The number of aliphatic hydroxyl groups excluding tert-OH is 1. The Balaban J connectivity index is 2.49. The molecule has 0 bridgehead atoms. The highest BCUT2D eigenvalue weighted by atomic mass is 16.8. The minimum atomic E-state index is -0.455. The maximum Gasteiger partial charge on any atom is 0.253 e. The number of rotatable bonds is 2. The van der Waals surface area contributed by atoms with Crippen molar-refractivity contribution >= 4 is 0 Å². The molecular weight excluding hydrogens is 200 g/mol. The van der Waals surface area contributed by atoms with Gasteiger partial charge in [-0.25, -0.2) is 0 Å². The first-order chi connectivity index (χ1) is 7.22. The van der Waals surface area contributed by atoms with Crippen molar-refractivity contribution in [1.82, 2.24) is 5.16 Å². The number of nitrogens with zero attached hydrogens (tertiary/aromatic N) is 2. The van der Waals surface area contributed by atoms with E-state index in [2.05, 4.69) is 9.79 Å². The lowest BCUT2D eigenvalue weighted by Crippen LogP contribution is -2.28. The van der Waals surface area contributed by atoms with E-state index < -0.39 is 6.61 Å². The van der Waals surface area contributed by atoms with Crippen LogP contribution in [0.2, 0.25) is 0 Å². The lowest BCUT2D eigenvalue weighted by Gasteiger charge is -1.95. The third-order valence-corrected chi connectivity index (χ3v) is 1.99. The maximum atomic E-state index is 11.0. The molecule has 0 fully saturated rings. The van der Waals surface area contributed by atoms with E-state index in [1.54, 1.807) is 12.1 Å². The third kappa shape index (κ3) is 1.62. The summed E-state index contributed by atoms with van der Waals surface area (Å²) in [5.74, 6) is 0.114. The molecule has 1 aromatic heterocycles. The van der Waals surface area contributed by atoms with Crippen molar-refractivity contribution in [2.75, 3.05) is 0 Å². The molecule has 0 aliphatic heterocycles.